The van der Waals surface area contributed by atoms with Crippen LogP contribution in [0.4, 0.5) is 0 Å². The molecule has 0 heterocycles. The molecule has 0 radical (unpaired) electrons. The second-order valence-electron chi connectivity index (χ2n) is 3.84. The molecule has 0 aliphatic heterocycles. The Labute approximate surface area is 119 Å². The summed E-state index contributed by atoms with van der Waals surface area (Å²) >= 11 is 3.63. The Kier molecular flexibility index (Phi) is 14.4. The van der Waals surface area contributed by atoms with E-state index < -0.39 is 6.29 Å². The second kappa shape index (κ2) is 14.0. The molecular weight excluding hydrogens is 272 g/mol. The van der Waals surface area contributed by atoms with Crippen LogP contribution >= 0.6 is 23.5 Å². The minimum Gasteiger partial charge on any atom is -0.233 e. The molecule has 0 aromatic heterocycles. The zero-order valence-electron chi connectivity index (χ0n) is 11.8. The number of thioether (sulfide) groups is 2. The SMILES string of the molecule is CCSCCOOC(OOCCSCC)C(C)C. The Hall–Kier alpha value is 0.540. The van der Waals surface area contributed by atoms with Crippen LogP contribution in [0.2, 0.25) is 0 Å². The zero-order chi connectivity index (χ0) is 13.6. The summed E-state index contributed by atoms with van der Waals surface area (Å²) < 4.78 is 0. The molecule has 0 aromatic rings. The molecule has 0 amide bonds. The van der Waals surface area contributed by atoms with Gasteiger partial charge in [-0.2, -0.15) is 23.5 Å². The molecule has 0 saturated carbocycles. The lowest BCUT2D eigenvalue weighted by atomic mass is 10.2. The molecule has 0 rings (SSSR count). The van der Waals surface area contributed by atoms with Gasteiger partial charge in [-0.1, -0.05) is 27.7 Å². The van der Waals surface area contributed by atoms with Gasteiger partial charge in [-0.05, 0) is 11.5 Å². The smallest absolute Gasteiger partial charge is 0.226 e. The third kappa shape index (κ3) is 11.6. The van der Waals surface area contributed by atoms with Gasteiger partial charge >= 0.3 is 0 Å². The summed E-state index contributed by atoms with van der Waals surface area (Å²) in [5, 5.41) is 0. The molecule has 0 atom stereocenters. The molecule has 6 heteroatoms. The van der Waals surface area contributed by atoms with Crippen LogP contribution in [0.25, 0.3) is 0 Å². The van der Waals surface area contributed by atoms with E-state index in [1.54, 1.807) is 0 Å². The van der Waals surface area contributed by atoms with Gasteiger partial charge in [0.25, 0.3) is 0 Å². The first kappa shape index (κ1) is 18.5. The van der Waals surface area contributed by atoms with Gasteiger partial charge in [-0.15, -0.1) is 0 Å². The fourth-order valence-corrected chi connectivity index (χ4v) is 1.89. The summed E-state index contributed by atoms with van der Waals surface area (Å²) in [5.41, 5.74) is 0. The summed E-state index contributed by atoms with van der Waals surface area (Å²) in [6, 6.07) is 0. The van der Waals surface area contributed by atoms with E-state index in [9.17, 15) is 0 Å². The molecule has 0 unspecified atom stereocenters. The van der Waals surface area contributed by atoms with Crippen LogP contribution in [0.3, 0.4) is 0 Å². The molecule has 0 fully saturated rings. The summed E-state index contributed by atoms with van der Waals surface area (Å²) in [6.07, 6.45) is -0.469. The molecule has 110 valence electrons. The van der Waals surface area contributed by atoms with Crippen molar-refractivity contribution in [3.8, 4) is 0 Å². The molecule has 0 bridgehead atoms. The summed E-state index contributed by atoms with van der Waals surface area (Å²) in [7, 11) is 0. The van der Waals surface area contributed by atoms with Crippen molar-refractivity contribution >= 4 is 23.5 Å². The maximum atomic E-state index is 5.19. The van der Waals surface area contributed by atoms with Crippen LogP contribution in [0, 0.1) is 5.92 Å². The van der Waals surface area contributed by atoms with Crippen LogP contribution < -0.4 is 0 Å². The van der Waals surface area contributed by atoms with Crippen molar-refractivity contribution in [1.82, 2.24) is 0 Å². The van der Waals surface area contributed by atoms with E-state index >= 15 is 0 Å². The number of hydrogen-bond donors (Lipinski definition) is 0. The quantitative estimate of drug-likeness (QED) is 0.225. The van der Waals surface area contributed by atoms with E-state index in [2.05, 4.69) is 13.8 Å². The van der Waals surface area contributed by atoms with E-state index in [-0.39, 0.29) is 5.92 Å². The molecular formula is C12H26O4S2. The van der Waals surface area contributed by atoms with E-state index in [1.807, 2.05) is 37.4 Å². The van der Waals surface area contributed by atoms with Crippen LogP contribution in [-0.2, 0) is 19.6 Å². The standard InChI is InChI=1S/C12H26O4S2/c1-5-17-9-7-13-15-12(11(3)4)16-14-8-10-18-6-2/h11-12H,5-10H2,1-4H3. The Bertz CT molecular complexity index is 156. The lowest BCUT2D eigenvalue weighted by molar-refractivity contribution is -0.468. The van der Waals surface area contributed by atoms with Gasteiger partial charge in [-0.3, -0.25) is 0 Å². The highest BCUT2D eigenvalue weighted by Gasteiger charge is 2.17. The lowest BCUT2D eigenvalue weighted by Gasteiger charge is -2.19. The van der Waals surface area contributed by atoms with Crippen molar-refractivity contribution in [2.24, 2.45) is 5.92 Å². The topological polar surface area (TPSA) is 36.9 Å². The maximum Gasteiger partial charge on any atom is 0.226 e. The van der Waals surface area contributed by atoms with E-state index in [1.165, 1.54) is 0 Å². The van der Waals surface area contributed by atoms with Crippen molar-refractivity contribution in [3.63, 3.8) is 0 Å². The minimum absolute atomic E-state index is 0.183. The first-order valence-electron chi connectivity index (χ1n) is 6.44. The van der Waals surface area contributed by atoms with E-state index in [0.717, 1.165) is 23.0 Å². The second-order valence-corrected chi connectivity index (χ2v) is 6.63. The first-order chi connectivity index (χ1) is 8.72. The lowest BCUT2D eigenvalue weighted by Crippen LogP contribution is -2.25. The highest BCUT2D eigenvalue weighted by molar-refractivity contribution is 7.99. The molecule has 0 aliphatic rings. The normalized spacial score (nSPS) is 11.7. The fourth-order valence-electron chi connectivity index (χ4n) is 0.943. The van der Waals surface area contributed by atoms with Gasteiger partial charge in [0, 0.05) is 17.4 Å². The van der Waals surface area contributed by atoms with Gasteiger partial charge in [-0.25, -0.2) is 19.6 Å². The van der Waals surface area contributed by atoms with Gasteiger partial charge in [0.15, 0.2) is 0 Å². The van der Waals surface area contributed by atoms with Gasteiger partial charge < -0.3 is 0 Å². The van der Waals surface area contributed by atoms with Crippen LogP contribution in [-0.4, -0.2) is 42.5 Å². The van der Waals surface area contributed by atoms with Crippen molar-refractivity contribution in [2.75, 3.05) is 36.2 Å². The molecule has 4 nitrogen and oxygen atoms in total. The van der Waals surface area contributed by atoms with Crippen LogP contribution in [0.1, 0.15) is 27.7 Å². The minimum atomic E-state index is -0.469. The van der Waals surface area contributed by atoms with Crippen molar-refractivity contribution < 1.29 is 19.6 Å². The molecule has 0 aromatic carbocycles. The van der Waals surface area contributed by atoms with Gasteiger partial charge in [0.05, 0.1) is 13.2 Å². The maximum absolute atomic E-state index is 5.19. The van der Waals surface area contributed by atoms with Crippen molar-refractivity contribution in [3.05, 3.63) is 0 Å². The molecule has 18 heavy (non-hydrogen) atoms. The van der Waals surface area contributed by atoms with Crippen molar-refractivity contribution in [2.45, 2.75) is 34.0 Å². The Morgan fingerprint density at radius 1 is 0.833 bits per heavy atom. The Morgan fingerprint density at radius 2 is 1.28 bits per heavy atom. The molecule has 0 spiro atoms. The van der Waals surface area contributed by atoms with E-state index in [4.69, 9.17) is 19.6 Å². The third-order valence-corrected chi connectivity index (χ3v) is 3.63. The molecule has 0 N–H and O–H groups in total. The van der Waals surface area contributed by atoms with E-state index in [0.29, 0.717) is 13.2 Å². The van der Waals surface area contributed by atoms with Crippen LogP contribution in [0.15, 0.2) is 0 Å². The summed E-state index contributed by atoms with van der Waals surface area (Å²) in [4.78, 5) is 20.6. The van der Waals surface area contributed by atoms with Gasteiger partial charge in [0.1, 0.15) is 0 Å². The average Bonchev–Trinajstić information content (AvgIpc) is 2.35. The van der Waals surface area contributed by atoms with Crippen molar-refractivity contribution in [1.29, 1.82) is 0 Å². The predicted molar refractivity (Wildman–Crippen MR) is 78.7 cm³/mol. The predicted octanol–water partition coefficient (Wildman–Crippen LogP) is 3.37. The van der Waals surface area contributed by atoms with Gasteiger partial charge in [0.2, 0.25) is 6.29 Å². The molecule has 0 aliphatic carbocycles. The van der Waals surface area contributed by atoms with Crippen LogP contribution in [0.5, 0.6) is 0 Å². The summed E-state index contributed by atoms with van der Waals surface area (Å²) in [6.45, 7) is 9.37. The highest BCUT2D eigenvalue weighted by atomic mass is 32.2. The fraction of sp³-hybridized carbons (Fsp3) is 1.00. The zero-order valence-corrected chi connectivity index (χ0v) is 13.5. The third-order valence-electron chi connectivity index (χ3n) is 1.90. The Balaban J connectivity index is 3.53. The molecule has 0 saturated heterocycles. The average molecular weight is 298 g/mol. The number of rotatable bonds is 13. The largest absolute Gasteiger partial charge is 0.233 e. The highest BCUT2D eigenvalue weighted by Crippen LogP contribution is 2.10. The first-order valence-corrected chi connectivity index (χ1v) is 8.75. The Morgan fingerprint density at radius 3 is 1.61 bits per heavy atom. The summed E-state index contributed by atoms with van der Waals surface area (Å²) in [5.74, 6) is 4.21. The number of hydrogen-bond acceptors (Lipinski definition) is 6. The monoisotopic (exact) mass is 298 g/mol.